The molecule has 1 aliphatic heterocycles. The van der Waals surface area contributed by atoms with E-state index in [1.807, 2.05) is 0 Å². The fourth-order valence-electron chi connectivity index (χ4n) is 4.93. The Morgan fingerprint density at radius 1 is 1.06 bits per heavy atom. The first-order valence-electron chi connectivity index (χ1n) is 12.3. The van der Waals surface area contributed by atoms with Gasteiger partial charge >= 0.3 is 0 Å². The number of aromatic nitrogens is 1. The number of fused-ring (bicyclic) bond motifs is 1. The lowest BCUT2D eigenvalue weighted by Crippen LogP contribution is -2.54. The van der Waals surface area contributed by atoms with Crippen LogP contribution in [0, 0.1) is 6.92 Å². The number of sulfonamides is 1. The number of anilines is 1. The number of aryl methyl sites for hydroxylation is 2. The van der Waals surface area contributed by atoms with Crippen molar-refractivity contribution in [1.82, 2.24) is 13.8 Å². The average molecular weight is 511 g/mol. The second-order valence-corrected chi connectivity index (χ2v) is 11.3. The van der Waals surface area contributed by atoms with Crippen molar-refractivity contribution < 1.29 is 13.2 Å². The number of hydrogen-bond donors (Lipinski definition) is 0. The highest BCUT2D eigenvalue weighted by Gasteiger charge is 2.30. The van der Waals surface area contributed by atoms with E-state index in [9.17, 15) is 18.0 Å². The van der Waals surface area contributed by atoms with E-state index < -0.39 is 15.5 Å². The van der Waals surface area contributed by atoms with E-state index in [1.54, 1.807) is 42.6 Å². The number of pyridine rings is 1. The molecule has 0 spiro atoms. The summed E-state index contributed by atoms with van der Waals surface area (Å²) in [5.41, 5.74) is 2.49. The molecular weight excluding hydrogens is 476 g/mol. The van der Waals surface area contributed by atoms with Crippen LogP contribution in [0.4, 0.5) is 5.69 Å². The van der Waals surface area contributed by atoms with Crippen molar-refractivity contribution in [2.45, 2.75) is 38.6 Å². The molecule has 1 unspecified atom stereocenters. The molecule has 2 heterocycles. The molecule has 1 aliphatic rings. The average Bonchev–Trinajstić information content (AvgIpc) is 2.86. The summed E-state index contributed by atoms with van der Waals surface area (Å²) >= 11 is 0. The van der Waals surface area contributed by atoms with Gasteiger partial charge in [0.1, 0.15) is 5.56 Å². The van der Waals surface area contributed by atoms with Gasteiger partial charge in [0.2, 0.25) is 15.5 Å². The first kappa shape index (κ1) is 25.9. The highest BCUT2D eigenvalue weighted by Crippen LogP contribution is 2.23. The first-order chi connectivity index (χ1) is 17.1. The monoisotopic (exact) mass is 510 g/mol. The van der Waals surface area contributed by atoms with E-state index in [2.05, 4.69) is 43.0 Å². The Hall–Kier alpha value is -3.17. The van der Waals surface area contributed by atoms with Gasteiger partial charge in [-0.05, 0) is 44.2 Å². The lowest BCUT2D eigenvalue weighted by atomic mass is 10.1. The SMILES string of the molecule is CCN(CC)S(=O)(=O)c1ccc2c(c1)c(=O)c(C(=O)N1CCN(c3ccc(C)cc3)C(C)C1)cn2C. The van der Waals surface area contributed by atoms with Crippen molar-refractivity contribution >= 4 is 32.5 Å². The van der Waals surface area contributed by atoms with Gasteiger partial charge in [-0.3, -0.25) is 9.59 Å². The van der Waals surface area contributed by atoms with Crippen molar-refractivity contribution in [2.75, 3.05) is 37.6 Å². The fraction of sp³-hybridized carbons (Fsp3) is 0.407. The van der Waals surface area contributed by atoms with Gasteiger partial charge in [-0.1, -0.05) is 31.5 Å². The Bertz CT molecular complexity index is 1440. The lowest BCUT2D eigenvalue weighted by molar-refractivity contribution is 0.0724. The zero-order valence-corrected chi connectivity index (χ0v) is 22.4. The number of rotatable bonds is 6. The number of carbonyl (C=O) groups is 1. The summed E-state index contributed by atoms with van der Waals surface area (Å²) in [6.45, 7) is 9.99. The summed E-state index contributed by atoms with van der Waals surface area (Å²) in [5.74, 6) is -0.329. The number of nitrogens with zero attached hydrogens (tertiary/aromatic N) is 4. The van der Waals surface area contributed by atoms with E-state index in [-0.39, 0.29) is 27.8 Å². The number of amides is 1. The molecule has 1 saturated heterocycles. The normalized spacial score (nSPS) is 16.7. The molecule has 9 heteroatoms. The predicted octanol–water partition coefficient (Wildman–Crippen LogP) is 3.23. The van der Waals surface area contributed by atoms with Gasteiger partial charge in [-0.15, -0.1) is 0 Å². The van der Waals surface area contributed by atoms with Crippen molar-refractivity contribution in [3.8, 4) is 0 Å². The maximum atomic E-state index is 13.5. The Kier molecular flexibility index (Phi) is 7.24. The van der Waals surface area contributed by atoms with Gasteiger partial charge in [0.15, 0.2) is 0 Å². The van der Waals surface area contributed by atoms with Gasteiger partial charge in [0.25, 0.3) is 5.91 Å². The fourth-order valence-corrected chi connectivity index (χ4v) is 6.41. The zero-order chi connectivity index (χ0) is 26.2. The number of carbonyl (C=O) groups excluding carboxylic acids is 1. The molecule has 3 aromatic rings. The van der Waals surface area contributed by atoms with Crippen LogP contribution in [0.2, 0.25) is 0 Å². The summed E-state index contributed by atoms with van der Waals surface area (Å²) in [6.07, 6.45) is 1.56. The van der Waals surface area contributed by atoms with E-state index in [4.69, 9.17) is 0 Å². The number of benzene rings is 2. The van der Waals surface area contributed by atoms with E-state index in [0.717, 1.165) is 5.69 Å². The Labute approximate surface area is 212 Å². The summed E-state index contributed by atoms with van der Waals surface area (Å²) in [7, 11) is -1.98. The maximum Gasteiger partial charge on any atom is 0.259 e. The maximum absolute atomic E-state index is 13.5. The largest absolute Gasteiger partial charge is 0.365 e. The summed E-state index contributed by atoms with van der Waals surface area (Å²) < 4.78 is 29.1. The number of hydrogen-bond acceptors (Lipinski definition) is 5. The highest BCUT2D eigenvalue weighted by atomic mass is 32.2. The Balaban J connectivity index is 1.66. The standard InChI is InChI=1S/C27H34N4O4S/c1-6-30(7-2)36(34,35)22-12-13-25-23(16-22)26(32)24(18-28(25)5)27(33)29-14-15-31(20(4)17-29)21-10-8-19(3)9-11-21/h8-13,16,18,20H,6-7,14-15,17H2,1-5H3. The van der Waals surface area contributed by atoms with Crippen LogP contribution in [0.3, 0.4) is 0 Å². The molecule has 1 atom stereocenters. The van der Waals surface area contributed by atoms with Gasteiger partial charge in [0.05, 0.1) is 10.4 Å². The van der Waals surface area contributed by atoms with Crippen LogP contribution in [-0.4, -0.2) is 66.9 Å². The Morgan fingerprint density at radius 2 is 1.72 bits per heavy atom. The molecule has 1 aromatic heterocycles. The molecule has 4 rings (SSSR count). The predicted molar refractivity (Wildman–Crippen MR) is 143 cm³/mol. The molecule has 1 fully saturated rings. The van der Waals surface area contributed by atoms with Gasteiger partial charge in [-0.25, -0.2) is 8.42 Å². The second kappa shape index (κ2) is 10.1. The van der Waals surface area contributed by atoms with Crippen molar-refractivity contribution in [3.63, 3.8) is 0 Å². The minimum atomic E-state index is -3.73. The smallest absolute Gasteiger partial charge is 0.259 e. The molecule has 2 aromatic carbocycles. The zero-order valence-electron chi connectivity index (χ0n) is 21.6. The summed E-state index contributed by atoms with van der Waals surface area (Å²) in [6, 6.07) is 13.0. The van der Waals surface area contributed by atoms with Crippen molar-refractivity contribution in [1.29, 1.82) is 0 Å². The quantitative estimate of drug-likeness (QED) is 0.509. The lowest BCUT2D eigenvalue weighted by Gasteiger charge is -2.41. The molecule has 36 heavy (non-hydrogen) atoms. The molecule has 0 radical (unpaired) electrons. The van der Waals surface area contributed by atoms with Gasteiger partial charge < -0.3 is 14.4 Å². The third kappa shape index (κ3) is 4.65. The molecule has 0 bridgehead atoms. The van der Waals surface area contributed by atoms with Crippen LogP contribution in [0.1, 0.15) is 36.7 Å². The molecule has 0 saturated carbocycles. The molecule has 192 valence electrons. The topological polar surface area (TPSA) is 82.9 Å². The molecule has 8 nitrogen and oxygen atoms in total. The summed E-state index contributed by atoms with van der Waals surface area (Å²) in [5, 5.41) is 0.225. The Morgan fingerprint density at radius 3 is 2.33 bits per heavy atom. The van der Waals surface area contributed by atoms with Crippen LogP contribution in [0.15, 0.2) is 58.4 Å². The van der Waals surface area contributed by atoms with Crippen LogP contribution in [0.5, 0.6) is 0 Å². The van der Waals surface area contributed by atoms with E-state index in [0.29, 0.717) is 38.2 Å². The molecule has 0 N–H and O–H groups in total. The van der Waals surface area contributed by atoms with E-state index in [1.165, 1.54) is 22.0 Å². The highest BCUT2D eigenvalue weighted by molar-refractivity contribution is 7.89. The molecular formula is C27H34N4O4S. The first-order valence-corrected chi connectivity index (χ1v) is 13.8. The van der Waals surface area contributed by atoms with Crippen LogP contribution < -0.4 is 10.3 Å². The minimum absolute atomic E-state index is 0.0540. The third-order valence-corrected chi connectivity index (χ3v) is 9.06. The van der Waals surface area contributed by atoms with E-state index >= 15 is 0 Å². The van der Waals surface area contributed by atoms with Gasteiger partial charge in [-0.2, -0.15) is 4.31 Å². The minimum Gasteiger partial charge on any atom is -0.365 e. The van der Waals surface area contributed by atoms with Crippen LogP contribution in [-0.2, 0) is 17.1 Å². The molecule has 0 aliphatic carbocycles. The van der Waals surface area contributed by atoms with Crippen molar-refractivity contribution in [3.05, 3.63) is 70.0 Å². The summed E-state index contributed by atoms with van der Waals surface area (Å²) in [4.78, 5) is 31.0. The van der Waals surface area contributed by atoms with Gasteiger partial charge in [0, 0.05) is 63.1 Å². The second-order valence-electron chi connectivity index (χ2n) is 9.38. The van der Waals surface area contributed by atoms with Crippen LogP contribution in [0.25, 0.3) is 10.9 Å². The number of piperazine rings is 1. The van der Waals surface area contributed by atoms with Crippen molar-refractivity contribution in [2.24, 2.45) is 7.05 Å². The van der Waals surface area contributed by atoms with Crippen LogP contribution >= 0.6 is 0 Å². The third-order valence-electron chi connectivity index (χ3n) is 7.01. The molecule has 1 amide bonds.